The number of nitrogens with one attached hydrogen (secondary N) is 2. The van der Waals surface area contributed by atoms with Crippen molar-refractivity contribution in [1.29, 1.82) is 0 Å². The second-order valence-electron chi connectivity index (χ2n) is 5.14. The third-order valence-electron chi connectivity index (χ3n) is 3.26. The van der Waals surface area contributed by atoms with E-state index in [1.54, 1.807) is 13.3 Å². The van der Waals surface area contributed by atoms with Crippen molar-refractivity contribution in [1.82, 2.24) is 20.4 Å². The second-order valence-corrected chi connectivity index (χ2v) is 5.14. The fraction of sp³-hybridized carbons (Fsp3) is 0.412. The van der Waals surface area contributed by atoms with Crippen molar-refractivity contribution in [3.05, 3.63) is 53.9 Å². The number of ether oxygens (including phenoxy) is 1. The highest BCUT2D eigenvalue weighted by Gasteiger charge is 2.00. The van der Waals surface area contributed by atoms with E-state index in [0.29, 0.717) is 13.2 Å². The molecule has 0 spiro atoms. The molecule has 0 bridgehead atoms. The van der Waals surface area contributed by atoms with Crippen molar-refractivity contribution < 1.29 is 4.74 Å². The monoisotopic (exact) mass is 315 g/mol. The highest BCUT2D eigenvalue weighted by Crippen LogP contribution is 2.08. The second kappa shape index (κ2) is 9.63. The fourth-order valence-electron chi connectivity index (χ4n) is 2.19. The van der Waals surface area contributed by atoms with Crippen LogP contribution in [0.2, 0.25) is 0 Å². The number of hydrogen-bond acceptors (Lipinski definition) is 3. The first-order valence-corrected chi connectivity index (χ1v) is 7.88. The predicted octanol–water partition coefficient (Wildman–Crippen LogP) is 1.63. The summed E-state index contributed by atoms with van der Waals surface area (Å²) in [6, 6.07) is 10.4. The lowest BCUT2D eigenvalue weighted by molar-refractivity contribution is 0.203. The quantitative estimate of drug-likeness (QED) is 0.441. The molecule has 0 saturated carbocycles. The number of benzene rings is 1. The van der Waals surface area contributed by atoms with Crippen LogP contribution in [0.15, 0.2) is 47.7 Å². The van der Waals surface area contributed by atoms with Crippen molar-refractivity contribution in [2.24, 2.45) is 4.99 Å². The molecular formula is C17H25N5O. The summed E-state index contributed by atoms with van der Waals surface area (Å²) in [5, 5.41) is 10.7. The predicted molar refractivity (Wildman–Crippen MR) is 92.5 cm³/mol. The Morgan fingerprint density at radius 2 is 2.13 bits per heavy atom. The Bertz CT molecular complexity index is 595. The zero-order valence-electron chi connectivity index (χ0n) is 13.8. The Balaban J connectivity index is 1.95. The molecule has 0 aliphatic heterocycles. The molecule has 0 unspecified atom stereocenters. The molecule has 1 heterocycles. The molecule has 0 atom stereocenters. The first kappa shape index (κ1) is 17.0. The van der Waals surface area contributed by atoms with Crippen molar-refractivity contribution in [3.63, 3.8) is 0 Å². The Kier molecular flexibility index (Phi) is 7.13. The normalized spacial score (nSPS) is 11.5. The van der Waals surface area contributed by atoms with Crippen molar-refractivity contribution >= 4 is 5.96 Å². The molecule has 23 heavy (non-hydrogen) atoms. The molecule has 2 N–H and O–H groups in total. The van der Waals surface area contributed by atoms with Gasteiger partial charge in [-0.3, -0.25) is 4.68 Å². The zero-order valence-corrected chi connectivity index (χ0v) is 13.8. The van der Waals surface area contributed by atoms with Gasteiger partial charge in [-0.05, 0) is 24.1 Å². The maximum atomic E-state index is 5.05. The summed E-state index contributed by atoms with van der Waals surface area (Å²) in [5.41, 5.74) is 2.40. The Labute approximate surface area is 137 Å². The number of aromatic nitrogens is 2. The maximum Gasteiger partial charge on any atom is 0.191 e. The van der Waals surface area contributed by atoms with Crippen molar-refractivity contribution in [2.75, 3.05) is 26.8 Å². The minimum Gasteiger partial charge on any atom is -0.383 e. The number of aliphatic imine (C=N–C) groups is 1. The van der Waals surface area contributed by atoms with E-state index in [1.807, 2.05) is 16.9 Å². The van der Waals surface area contributed by atoms with Crippen molar-refractivity contribution in [3.8, 4) is 0 Å². The van der Waals surface area contributed by atoms with E-state index < -0.39 is 0 Å². The smallest absolute Gasteiger partial charge is 0.191 e. The molecule has 0 aliphatic rings. The molecule has 6 heteroatoms. The number of hydrogen-bond donors (Lipinski definition) is 2. The summed E-state index contributed by atoms with van der Waals surface area (Å²) in [4.78, 5) is 4.61. The first-order chi connectivity index (χ1) is 11.3. The third-order valence-corrected chi connectivity index (χ3v) is 3.26. The largest absolute Gasteiger partial charge is 0.383 e. The molecule has 2 aromatic rings. The van der Waals surface area contributed by atoms with Gasteiger partial charge in [-0.1, -0.05) is 24.3 Å². The maximum absolute atomic E-state index is 5.05. The standard InChI is InChI=1S/C17H25N5O/c1-3-18-17(19-9-11-23-2)20-13-15-6-4-7-16(12-15)14-22-10-5-8-21-22/h4-8,10,12H,3,9,11,13-14H2,1-2H3,(H2,18,19,20). The molecule has 0 aliphatic carbocycles. The number of guanidine groups is 1. The van der Waals surface area contributed by atoms with Crippen LogP contribution in [0.1, 0.15) is 18.1 Å². The molecular weight excluding hydrogens is 290 g/mol. The zero-order chi connectivity index (χ0) is 16.3. The summed E-state index contributed by atoms with van der Waals surface area (Å²) in [6.07, 6.45) is 3.76. The highest BCUT2D eigenvalue weighted by molar-refractivity contribution is 5.79. The van der Waals surface area contributed by atoms with Crippen LogP contribution in [0.5, 0.6) is 0 Å². The molecule has 1 aromatic carbocycles. The van der Waals surface area contributed by atoms with Gasteiger partial charge in [0.2, 0.25) is 0 Å². The van der Waals surface area contributed by atoms with Crippen LogP contribution >= 0.6 is 0 Å². The average molecular weight is 315 g/mol. The lowest BCUT2D eigenvalue weighted by Gasteiger charge is -2.11. The molecule has 0 fully saturated rings. The van der Waals surface area contributed by atoms with E-state index in [1.165, 1.54) is 11.1 Å². The van der Waals surface area contributed by atoms with E-state index in [9.17, 15) is 0 Å². The van der Waals surface area contributed by atoms with Gasteiger partial charge in [-0.25, -0.2) is 4.99 Å². The van der Waals surface area contributed by atoms with Gasteiger partial charge in [0.05, 0.1) is 19.7 Å². The molecule has 0 amide bonds. The van der Waals surface area contributed by atoms with E-state index in [2.05, 4.69) is 51.9 Å². The number of nitrogens with zero attached hydrogens (tertiary/aromatic N) is 3. The minimum atomic E-state index is 0.634. The summed E-state index contributed by atoms with van der Waals surface area (Å²) in [7, 11) is 1.69. The van der Waals surface area contributed by atoms with E-state index in [-0.39, 0.29) is 0 Å². The summed E-state index contributed by atoms with van der Waals surface area (Å²) >= 11 is 0. The lowest BCUT2D eigenvalue weighted by Crippen LogP contribution is -2.38. The Morgan fingerprint density at radius 3 is 2.87 bits per heavy atom. The molecule has 0 saturated heterocycles. The van der Waals surface area contributed by atoms with Crippen LogP contribution in [0.4, 0.5) is 0 Å². The third kappa shape index (κ3) is 6.12. The van der Waals surface area contributed by atoms with Gasteiger partial charge in [-0.2, -0.15) is 5.10 Å². The number of rotatable bonds is 8. The van der Waals surface area contributed by atoms with Gasteiger partial charge in [0.1, 0.15) is 0 Å². The fourth-order valence-corrected chi connectivity index (χ4v) is 2.19. The van der Waals surface area contributed by atoms with Crippen LogP contribution in [-0.2, 0) is 17.8 Å². The van der Waals surface area contributed by atoms with Gasteiger partial charge in [0, 0.05) is 32.6 Å². The van der Waals surface area contributed by atoms with Crippen molar-refractivity contribution in [2.45, 2.75) is 20.0 Å². The van der Waals surface area contributed by atoms with E-state index in [0.717, 1.165) is 25.6 Å². The lowest BCUT2D eigenvalue weighted by atomic mass is 10.1. The summed E-state index contributed by atoms with van der Waals surface area (Å²) in [6.45, 7) is 5.69. The first-order valence-electron chi connectivity index (χ1n) is 7.88. The van der Waals surface area contributed by atoms with Gasteiger partial charge in [-0.15, -0.1) is 0 Å². The van der Waals surface area contributed by atoms with Crippen LogP contribution < -0.4 is 10.6 Å². The van der Waals surface area contributed by atoms with Gasteiger partial charge in [0.25, 0.3) is 0 Å². The molecule has 2 rings (SSSR count). The summed E-state index contributed by atoms with van der Waals surface area (Å²) in [5.74, 6) is 0.807. The molecule has 1 aromatic heterocycles. The average Bonchev–Trinajstić information content (AvgIpc) is 3.06. The number of methoxy groups -OCH3 is 1. The molecule has 0 radical (unpaired) electrons. The summed E-state index contributed by atoms with van der Waals surface area (Å²) < 4.78 is 6.96. The topological polar surface area (TPSA) is 63.5 Å². The Morgan fingerprint density at radius 1 is 1.26 bits per heavy atom. The van der Waals surface area contributed by atoms with Gasteiger partial charge in [0.15, 0.2) is 5.96 Å². The highest BCUT2D eigenvalue weighted by atomic mass is 16.5. The Hall–Kier alpha value is -2.34. The van der Waals surface area contributed by atoms with Crippen LogP contribution in [0.3, 0.4) is 0 Å². The molecule has 124 valence electrons. The van der Waals surface area contributed by atoms with Gasteiger partial charge >= 0.3 is 0 Å². The van der Waals surface area contributed by atoms with Gasteiger partial charge < -0.3 is 15.4 Å². The van der Waals surface area contributed by atoms with E-state index >= 15 is 0 Å². The van der Waals surface area contributed by atoms with Crippen LogP contribution in [0, 0.1) is 0 Å². The van der Waals surface area contributed by atoms with Crippen LogP contribution in [-0.4, -0.2) is 42.5 Å². The molecule has 6 nitrogen and oxygen atoms in total. The minimum absolute atomic E-state index is 0.634. The SMILES string of the molecule is CCNC(=NCc1cccc(Cn2cccn2)c1)NCCOC. The van der Waals surface area contributed by atoms with Crippen LogP contribution in [0.25, 0.3) is 0 Å². The van der Waals surface area contributed by atoms with E-state index in [4.69, 9.17) is 4.74 Å².